The quantitative estimate of drug-likeness (QED) is 0.309. The van der Waals surface area contributed by atoms with E-state index in [1.165, 1.54) is 0 Å². The van der Waals surface area contributed by atoms with Gasteiger partial charge in [0.15, 0.2) is 5.43 Å². The first kappa shape index (κ1) is 24.6. The summed E-state index contributed by atoms with van der Waals surface area (Å²) in [7, 11) is 0. The third kappa shape index (κ3) is 4.46. The Morgan fingerprint density at radius 2 is 1.79 bits per heavy atom. The molecule has 0 aliphatic carbocycles. The van der Waals surface area contributed by atoms with Crippen LogP contribution in [0.3, 0.4) is 0 Å². The lowest BCUT2D eigenvalue weighted by molar-refractivity contribution is 0.0353. The predicted octanol–water partition coefficient (Wildman–Crippen LogP) is 5.00. The highest BCUT2D eigenvalue weighted by atomic mass is 16.5. The second-order valence-electron chi connectivity index (χ2n) is 9.97. The number of fused-ring (bicyclic) bond motifs is 4. The van der Waals surface area contributed by atoms with Gasteiger partial charge in [0.05, 0.1) is 36.8 Å². The Labute approximate surface area is 221 Å². The molecular weight excluding hydrogens is 480 g/mol. The molecule has 0 spiro atoms. The van der Waals surface area contributed by atoms with Crippen LogP contribution in [0.4, 0.5) is 0 Å². The van der Waals surface area contributed by atoms with Crippen LogP contribution < -0.4 is 10.2 Å². The van der Waals surface area contributed by atoms with Crippen molar-refractivity contribution in [3.05, 3.63) is 87.8 Å². The van der Waals surface area contributed by atoms with Crippen LogP contribution in [0.15, 0.2) is 69.9 Å². The third-order valence-electron chi connectivity index (χ3n) is 7.48. The maximum absolute atomic E-state index is 14.0. The van der Waals surface area contributed by atoms with Crippen LogP contribution in [0.5, 0.6) is 5.75 Å². The maximum Gasteiger partial charge on any atom is 0.290 e. The molecule has 1 amide bonds. The lowest BCUT2D eigenvalue weighted by Gasteiger charge is -2.29. The Balaban J connectivity index is 1.43. The van der Waals surface area contributed by atoms with E-state index in [1.807, 2.05) is 60.7 Å². The van der Waals surface area contributed by atoms with E-state index in [9.17, 15) is 9.59 Å². The van der Waals surface area contributed by atoms with E-state index in [-0.39, 0.29) is 17.1 Å². The molecule has 1 aromatic heterocycles. The fraction of sp³-hybridized carbons (Fsp3) is 0.355. The summed E-state index contributed by atoms with van der Waals surface area (Å²) in [5.74, 6) is 0.642. The molecule has 1 unspecified atom stereocenters. The maximum atomic E-state index is 14.0. The van der Waals surface area contributed by atoms with Crippen molar-refractivity contribution >= 4 is 27.6 Å². The van der Waals surface area contributed by atoms with Crippen molar-refractivity contribution in [2.75, 3.05) is 46.0 Å². The first-order valence-corrected chi connectivity index (χ1v) is 13.5. The largest absolute Gasteiger partial charge is 0.494 e. The number of hydrogen-bond donors (Lipinski definition) is 0. The highest BCUT2D eigenvalue weighted by molar-refractivity contribution is 6.06. The number of amides is 1. The molecule has 7 heteroatoms. The molecule has 3 aromatic carbocycles. The molecule has 6 rings (SSSR count). The fourth-order valence-corrected chi connectivity index (χ4v) is 5.61. The minimum absolute atomic E-state index is 0.148. The van der Waals surface area contributed by atoms with Crippen molar-refractivity contribution in [2.24, 2.45) is 0 Å². The van der Waals surface area contributed by atoms with Crippen LogP contribution in [0.2, 0.25) is 0 Å². The van der Waals surface area contributed by atoms with Crippen molar-refractivity contribution in [3.63, 3.8) is 0 Å². The van der Waals surface area contributed by atoms with Gasteiger partial charge in [0.1, 0.15) is 11.3 Å². The van der Waals surface area contributed by atoms with E-state index in [0.717, 1.165) is 67.8 Å². The van der Waals surface area contributed by atoms with Crippen LogP contribution in [0, 0.1) is 0 Å². The van der Waals surface area contributed by atoms with Crippen LogP contribution in [0.25, 0.3) is 21.7 Å². The SMILES string of the molecule is CCCOc1cccc(C2c3c(oc4c(ccc5ccccc54)c3=O)C(=O)N2CCCN2CCOCC2)c1. The number of nitrogens with zero attached hydrogens (tertiary/aromatic N) is 2. The van der Waals surface area contributed by atoms with E-state index >= 15 is 0 Å². The molecule has 1 saturated heterocycles. The lowest BCUT2D eigenvalue weighted by Crippen LogP contribution is -2.38. The molecule has 4 aromatic rings. The Hall–Kier alpha value is -3.68. The number of benzene rings is 3. The fourth-order valence-electron chi connectivity index (χ4n) is 5.61. The Bertz CT molecular complexity index is 1540. The average molecular weight is 513 g/mol. The Morgan fingerprint density at radius 1 is 0.947 bits per heavy atom. The third-order valence-corrected chi connectivity index (χ3v) is 7.48. The van der Waals surface area contributed by atoms with Gasteiger partial charge in [-0.15, -0.1) is 0 Å². The van der Waals surface area contributed by atoms with E-state index in [1.54, 1.807) is 4.90 Å². The van der Waals surface area contributed by atoms with Crippen molar-refractivity contribution in [3.8, 4) is 5.75 Å². The summed E-state index contributed by atoms with van der Waals surface area (Å²) in [4.78, 5) is 32.1. The molecule has 0 bridgehead atoms. The van der Waals surface area contributed by atoms with Crippen molar-refractivity contribution in [1.29, 1.82) is 0 Å². The van der Waals surface area contributed by atoms with E-state index in [0.29, 0.717) is 29.7 Å². The lowest BCUT2D eigenvalue weighted by atomic mass is 9.97. The predicted molar refractivity (Wildman–Crippen MR) is 147 cm³/mol. The van der Waals surface area contributed by atoms with Crippen LogP contribution in [0.1, 0.15) is 47.5 Å². The second-order valence-corrected chi connectivity index (χ2v) is 9.97. The number of carbonyl (C=O) groups excluding carboxylic acids is 1. The van der Waals surface area contributed by atoms with E-state index in [2.05, 4.69) is 11.8 Å². The molecule has 0 saturated carbocycles. The molecule has 196 valence electrons. The number of ether oxygens (including phenoxy) is 2. The van der Waals surface area contributed by atoms with Crippen LogP contribution in [-0.4, -0.2) is 61.7 Å². The standard InChI is InChI=1S/C31H32N2O5/c1-2-17-37-23-9-5-8-22(20-23)27-26-28(34)25-12-11-21-7-3-4-10-24(21)29(25)38-30(26)31(35)33(27)14-6-13-32-15-18-36-19-16-32/h3-5,7-12,20,27H,2,6,13-19H2,1H3. The van der Waals surface area contributed by atoms with Gasteiger partial charge < -0.3 is 18.8 Å². The van der Waals surface area contributed by atoms with Gasteiger partial charge in [0.2, 0.25) is 5.76 Å². The number of morpholine rings is 1. The summed E-state index contributed by atoms with van der Waals surface area (Å²) in [6.45, 7) is 7.31. The van der Waals surface area contributed by atoms with Gasteiger partial charge >= 0.3 is 0 Å². The monoisotopic (exact) mass is 512 g/mol. The topological polar surface area (TPSA) is 72.2 Å². The first-order valence-electron chi connectivity index (χ1n) is 13.5. The molecule has 2 aliphatic rings. The van der Waals surface area contributed by atoms with Gasteiger partial charge in [-0.1, -0.05) is 49.4 Å². The molecular formula is C31H32N2O5. The van der Waals surface area contributed by atoms with Crippen LogP contribution >= 0.6 is 0 Å². The van der Waals surface area contributed by atoms with Crippen molar-refractivity contribution in [2.45, 2.75) is 25.8 Å². The minimum atomic E-state index is -0.528. The molecule has 3 heterocycles. The molecule has 0 N–H and O–H groups in total. The van der Waals surface area contributed by atoms with E-state index in [4.69, 9.17) is 13.9 Å². The number of hydrogen-bond acceptors (Lipinski definition) is 6. The van der Waals surface area contributed by atoms with Gasteiger partial charge in [-0.25, -0.2) is 0 Å². The van der Waals surface area contributed by atoms with Crippen molar-refractivity contribution < 1.29 is 18.7 Å². The minimum Gasteiger partial charge on any atom is -0.494 e. The molecule has 0 radical (unpaired) electrons. The molecule has 7 nitrogen and oxygen atoms in total. The molecule has 2 aliphatic heterocycles. The zero-order chi connectivity index (χ0) is 26.1. The van der Waals surface area contributed by atoms with Crippen LogP contribution in [-0.2, 0) is 4.74 Å². The molecule has 38 heavy (non-hydrogen) atoms. The molecule has 1 atom stereocenters. The van der Waals surface area contributed by atoms with Gasteiger partial charge in [0.25, 0.3) is 5.91 Å². The highest BCUT2D eigenvalue weighted by Crippen LogP contribution is 2.40. The zero-order valence-corrected chi connectivity index (χ0v) is 21.7. The number of rotatable bonds is 8. The van der Waals surface area contributed by atoms with Crippen molar-refractivity contribution in [1.82, 2.24) is 9.80 Å². The van der Waals surface area contributed by atoms with Gasteiger partial charge in [0, 0.05) is 31.6 Å². The normalized spacial score (nSPS) is 17.9. The zero-order valence-electron chi connectivity index (χ0n) is 21.7. The summed E-state index contributed by atoms with van der Waals surface area (Å²) < 4.78 is 17.7. The van der Waals surface area contributed by atoms with E-state index < -0.39 is 6.04 Å². The summed E-state index contributed by atoms with van der Waals surface area (Å²) in [5, 5.41) is 2.29. The second kappa shape index (κ2) is 10.6. The number of carbonyl (C=O) groups is 1. The van der Waals surface area contributed by atoms with Gasteiger partial charge in [-0.3, -0.25) is 14.5 Å². The first-order chi connectivity index (χ1) is 18.7. The van der Waals surface area contributed by atoms with Gasteiger partial charge in [-0.2, -0.15) is 0 Å². The Morgan fingerprint density at radius 3 is 2.63 bits per heavy atom. The molecule has 1 fully saturated rings. The average Bonchev–Trinajstić information content (AvgIpc) is 3.24. The summed E-state index contributed by atoms with van der Waals surface area (Å²) in [6.07, 6.45) is 1.69. The summed E-state index contributed by atoms with van der Waals surface area (Å²) >= 11 is 0. The smallest absolute Gasteiger partial charge is 0.290 e. The summed E-state index contributed by atoms with van der Waals surface area (Å²) in [5.41, 5.74) is 1.58. The summed E-state index contributed by atoms with van der Waals surface area (Å²) in [6, 6.07) is 18.7. The Kier molecular flexibility index (Phi) is 6.87. The van der Waals surface area contributed by atoms with Gasteiger partial charge in [-0.05, 0) is 42.0 Å². The highest BCUT2D eigenvalue weighted by Gasteiger charge is 2.42.